The SMILES string of the molecule is C=CCC/C(C)=C/CC/C(C)=C/CC/C(C)=C/CC/C(C)=C/CCc1ccoc1. The van der Waals surface area contributed by atoms with Gasteiger partial charge in [0.25, 0.3) is 0 Å². The van der Waals surface area contributed by atoms with Crippen molar-refractivity contribution in [3.63, 3.8) is 0 Å². The molecule has 0 saturated carbocycles. The van der Waals surface area contributed by atoms with Crippen molar-refractivity contribution in [2.75, 3.05) is 0 Å². The van der Waals surface area contributed by atoms with Gasteiger partial charge in [-0.05, 0) is 104 Å². The van der Waals surface area contributed by atoms with Crippen molar-refractivity contribution in [3.8, 4) is 0 Å². The lowest BCUT2D eigenvalue weighted by Crippen LogP contribution is -1.83. The normalized spacial score (nSPS) is 13.8. The first-order valence-electron chi connectivity index (χ1n) is 11.3. The van der Waals surface area contributed by atoms with E-state index in [0.29, 0.717) is 0 Å². The van der Waals surface area contributed by atoms with E-state index in [1.807, 2.05) is 18.4 Å². The van der Waals surface area contributed by atoms with Gasteiger partial charge in [0.1, 0.15) is 0 Å². The van der Waals surface area contributed by atoms with E-state index in [1.165, 1.54) is 40.7 Å². The van der Waals surface area contributed by atoms with Gasteiger partial charge in [-0.1, -0.05) is 52.7 Å². The van der Waals surface area contributed by atoms with Crippen LogP contribution < -0.4 is 0 Å². The minimum absolute atomic E-state index is 1.07. The highest BCUT2D eigenvalue weighted by atomic mass is 16.3. The van der Waals surface area contributed by atoms with E-state index in [4.69, 9.17) is 4.42 Å². The quantitative estimate of drug-likeness (QED) is 0.270. The zero-order valence-corrected chi connectivity index (χ0v) is 19.3. The Kier molecular flexibility index (Phi) is 13.7. The van der Waals surface area contributed by atoms with Gasteiger partial charge in [-0.3, -0.25) is 0 Å². The third-order valence-electron chi connectivity index (χ3n) is 5.34. The van der Waals surface area contributed by atoms with Gasteiger partial charge in [0, 0.05) is 0 Å². The Labute approximate surface area is 180 Å². The summed E-state index contributed by atoms with van der Waals surface area (Å²) in [7, 11) is 0. The number of aryl methyl sites for hydroxylation is 1. The summed E-state index contributed by atoms with van der Waals surface area (Å²) in [5.41, 5.74) is 7.29. The van der Waals surface area contributed by atoms with E-state index in [9.17, 15) is 0 Å². The van der Waals surface area contributed by atoms with Crippen LogP contribution in [0, 0.1) is 0 Å². The van der Waals surface area contributed by atoms with E-state index < -0.39 is 0 Å². The van der Waals surface area contributed by atoms with Gasteiger partial charge in [-0.2, -0.15) is 0 Å². The maximum atomic E-state index is 5.11. The van der Waals surface area contributed by atoms with Crippen molar-refractivity contribution in [2.45, 2.75) is 91.9 Å². The Hall–Kier alpha value is -2.02. The van der Waals surface area contributed by atoms with E-state index in [1.54, 1.807) is 6.26 Å². The molecule has 0 aliphatic carbocycles. The molecule has 1 rings (SSSR count). The van der Waals surface area contributed by atoms with Crippen LogP contribution in [0.3, 0.4) is 0 Å². The Balaban J connectivity index is 2.18. The molecule has 29 heavy (non-hydrogen) atoms. The van der Waals surface area contributed by atoms with E-state index in [-0.39, 0.29) is 0 Å². The van der Waals surface area contributed by atoms with E-state index in [0.717, 1.165) is 51.4 Å². The molecule has 0 unspecified atom stereocenters. The molecule has 0 saturated heterocycles. The smallest absolute Gasteiger partial charge is 0.0934 e. The lowest BCUT2D eigenvalue weighted by molar-refractivity contribution is 0.564. The highest BCUT2D eigenvalue weighted by Crippen LogP contribution is 2.15. The molecule has 0 N–H and O–H groups in total. The molecule has 160 valence electrons. The van der Waals surface area contributed by atoms with Crippen molar-refractivity contribution < 1.29 is 4.42 Å². The van der Waals surface area contributed by atoms with Gasteiger partial charge in [-0.15, -0.1) is 6.58 Å². The Bertz CT molecular complexity index is 680. The molecule has 0 aliphatic rings. The highest BCUT2D eigenvalue weighted by molar-refractivity contribution is 5.10. The number of rotatable bonds is 15. The molecule has 0 aliphatic heterocycles. The number of furan rings is 1. The van der Waals surface area contributed by atoms with Crippen LogP contribution in [0.15, 0.2) is 82.3 Å². The topological polar surface area (TPSA) is 13.1 Å². The second kappa shape index (κ2) is 15.9. The molecule has 1 heteroatoms. The Morgan fingerprint density at radius 1 is 0.724 bits per heavy atom. The molecule has 0 bridgehead atoms. The van der Waals surface area contributed by atoms with E-state index in [2.05, 4.69) is 58.6 Å². The monoisotopic (exact) mass is 394 g/mol. The lowest BCUT2D eigenvalue weighted by Gasteiger charge is -2.03. The summed E-state index contributed by atoms with van der Waals surface area (Å²) >= 11 is 0. The molecular weight excluding hydrogens is 352 g/mol. The van der Waals surface area contributed by atoms with Crippen molar-refractivity contribution in [1.29, 1.82) is 0 Å². The molecule has 0 spiro atoms. The van der Waals surface area contributed by atoms with Gasteiger partial charge < -0.3 is 4.42 Å². The predicted octanol–water partition coefficient (Wildman–Crippen LogP) is 9.30. The summed E-state index contributed by atoms with van der Waals surface area (Å²) in [5.74, 6) is 0. The molecule has 1 aromatic rings. The van der Waals surface area contributed by atoms with Crippen molar-refractivity contribution in [1.82, 2.24) is 0 Å². The summed E-state index contributed by atoms with van der Waals surface area (Å²) in [6.07, 6.45) is 26.6. The zero-order valence-electron chi connectivity index (χ0n) is 19.3. The van der Waals surface area contributed by atoms with Crippen LogP contribution in [0.25, 0.3) is 0 Å². The largest absolute Gasteiger partial charge is 0.472 e. The molecule has 0 aromatic carbocycles. The van der Waals surface area contributed by atoms with Crippen LogP contribution in [0.1, 0.15) is 91.0 Å². The second-order valence-electron chi connectivity index (χ2n) is 8.32. The zero-order chi connectivity index (χ0) is 21.3. The molecule has 1 heterocycles. The fourth-order valence-corrected chi connectivity index (χ4v) is 3.30. The lowest BCUT2D eigenvalue weighted by atomic mass is 10.0. The first-order chi connectivity index (χ1) is 14.0. The molecule has 0 amide bonds. The summed E-state index contributed by atoms with van der Waals surface area (Å²) in [6.45, 7) is 12.8. The summed E-state index contributed by atoms with van der Waals surface area (Å²) in [4.78, 5) is 0. The maximum absolute atomic E-state index is 5.11. The molecule has 0 fully saturated rings. The van der Waals surface area contributed by atoms with Crippen molar-refractivity contribution in [2.24, 2.45) is 0 Å². The highest BCUT2D eigenvalue weighted by Gasteiger charge is 1.96. The maximum Gasteiger partial charge on any atom is 0.0934 e. The summed E-state index contributed by atoms with van der Waals surface area (Å²) in [6, 6.07) is 2.05. The number of hydrogen-bond donors (Lipinski definition) is 0. The minimum Gasteiger partial charge on any atom is -0.472 e. The first kappa shape index (κ1) is 25.0. The van der Waals surface area contributed by atoms with E-state index >= 15 is 0 Å². The average Bonchev–Trinajstić information content (AvgIpc) is 3.20. The molecule has 0 atom stereocenters. The first-order valence-corrected chi connectivity index (χ1v) is 11.3. The molecule has 1 nitrogen and oxygen atoms in total. The summed E-state index contributed by atoms with van der Waals surface area (Å²) < 4.78 is 5.11. The van der Waals surface area contributed by atoms with Crippen LogP contribution >= 0.6 is 0 Å². The standard InChI is InChI=1S/C28H42O/c1-6-7-12-24(2)13-8-14-25(3)15-9-16-26(4)17-10-18-27(5)19-11-20-28-21-22-29-23-28/h6,13,15,17,19,21-23H,1,7-12,14,16,18,20H2,2-5H3/b24-13+,25-15+,26-17+,27-19+. The Morgan fingerprint density at radius 2 is 1.17 bits per heavy atom. The fraction of sp³-hybridized carbons (Fsp3) is 0.500. The van der Waals surface area contributed by atoms with Gasteiger partial charge in [0.15, 0.2) is 0 Å². The Morgan fingerprint density at radius 3 is 1.59 bits per heavy atom. The number of allylic oxidation sites excluding steroid dienone is 9. The van der Waals surface area contributed by atoms with Crippen LogP contribution in [0.5, 0.6) is 0 Å². The van der Waals surface area contributed by atoms with Crippen LogP contribution in [-0.4, -0.2) is 0 Å². The second-order valence-corrected chi connectivity index (χ2v) is 8.32. The minimum atomic E-state index is 1.07. The van der Waals surface area contributed by atoms with Gasteiger partial charge in [0.2, 0.25) is 0 Å². The van der Waals surface area contributed by atoms with Gasteiger partial charge in [-0.25, -0.2) is 0 Å². The van der Waals surface area contributed by atoms with Gasteiger partial charge in [0.05, 0.1) is 12.5 Å². The van der Waals surface area contributed by atoms with Crippen molar-refractivity contribution >= 4 is 0 Å². The molecule has 1 aromatic heterocycles. The number of hydrogen-bond acceptors (Lipinski definition) is 1. The third kappa shape index (κ3) is 13.7. The fourth-order valence-electron chi connectivity index (χ4n) is 3.30. The van der Waals surface area contributed by atoms with Crippen LogP contribution in [0.2, 0.25) is 0 Å². The average molecular weight is 395 g/mol. The summed E-state index contributed by atoms with van der Waals surface area (Å²) in [5, 5.41) is 0. The van der Waals surface area contributed by atoms with Crippen LogP contribution in [-0.2, 0) is 6.42 Å². The molecular formula is C28H42O. The third-order valence-corrected chi connectivity index (χ3v) is 5.34. The predicted molar refractivity (Wildman–Crippen MR) is 129 cm³/mol. The van der Waals surface area contributed by atoms with Crippen LogP contribution in [0.4, 0.5) is 0 Å². The van der Waals surface area contributed by atoms with Crippen molar-refractivity contribution in [3.05, 3.63) is 83.4 Å². The van der Waals surface area contributed by atoms with Gasteiger partial charge >= 0.3 is 0 Å². The molecule has 0 radical (unpaired) electrons.